The maximum Gasteiger partial charge on any atom is 0.241 e. The maximum absolute atomic E-state index is 13.6. The number of amidine groups is 1. The summed E-state index contributed by atoms with van der Waals surface area (Å²) in [7, 11) is -3.03. The van der Waals surface area contributed by atoms with Gasteiger partial charge in [0.15, 0.2) is 11.7 Å². The van der Waals surface area contributed by atoms with Crippen LogP contribution in [0.15, 0.2) is 57.8 Å². The van der Waals surface area contributed by atoms with E-state index < -0.39 is 15.6 Å². The van der Waals surface area contributed by atoms with Gasteiger partial charge in [-0.25, -0.2) is 8.60 Å². The minimum absolute atomic E-state index is 0.100. The van der Waals surface area contributed by atoms with Crippen molar-refractivity contribution in [2.75, 3.05) is 5.32 Å². The van der Waals surface area contributed by atoms with E-state index in [0.29, 0.717) is 17.0 Å². The lowest BCUT2D eigenvalue weighted by Gasteiger charge is -2.41. The Kier molecular flexibility index (Phi) is 4.69. The summed E-state index contributed by atoms with van der Waals surface area (Å²) < 4.78 is 30.7. The van der Waals surface area contributed by atoms with Crippen molar-refractivity contribution in [3.05, 3.63) is 59.9 Å². The highest BCUT2D eigenvalue weighted by atomic mass is 32.2. The topological polar surface area (TPSA) is 78.8 Å². The molecule has 2 unspecified atom stereocenters. The third-order valence-corrected chi connectivity index (χ3v) is 7.87. The number of nitrogens with one attached hydrogen (secondary N) is 1. The largest absolute Gasteiger partial charge is 0.341 e. The quantitative estimate of drug-likeness (QED) is 0.589. The first-order chi connectivity index (χ1) is 14.8. The number of anilines is 1. The van der Waals surface area contributed by atoms with Crippen molar-refractivity contribution in [3.8, 4) is 0 Å². The van der Waals surface area contributed by atoms with Gasteiger partial charge in [0.25, 0.3) is 0 Å². The van der Waals surface area contributed by atoms with Crippen molar-refractivity contribution in [1.29, 1.82) is 0 Å². The second-order valence-electron chi connectivity index (χ2n) is 8.27. The summed E-state index contributed by atoms with van der Waals surface area (Å²) in [5.41, 5.74) is 1.34. The molecule has 1 amide bonds. The number of para-hydroxylation sites is 1. The van der Waals surface area contributed by atoms with Crippen LogP contribution in [0, 0.1) is 17.7 Å². The molecular formula is C23H22FN3O3S. The minimum Gasteiger partial charge on any atom is -0.341 e. The summed E-state index contributed by atoms with van der Waals surface area (Å²) >= 11 is 0. The van der Waals surface area contributed by atoms with Crippen LogP contribution in [0.1, 0.15) is 24.8 Å². The van der Waals surface area contributed by atoms with Crippen molar-refractivity contribution >= 4 is 38.8 Å². The van der Waals surface area contributed by atoms with Gasteiger partial charge in [0, 0.05) is 18.5 Å². The van der Waals surface area contributed by atoms with E-state index in [9.17, 15) is 18.2 Å². The molecule has 160 valence electrons. The van der Waals surface area contributed by atoms with E-state index in [1.165, 1.54) is 12.1 Å². The molecule has 1 aliphatic carbocycles. The molecule has 1 N–H and O–H groups in total. The Balaban J connectivity index is 1.53. The molecule has 2 heterocycles. The van der Waals surface area contributed by atoms with Crippen molar-refractivity contribution in [3.63, 3.8) is 0 Å². The average molecular weight is 440 g/mol. The number of rotatable bonds is 3. The van der Waals surface area contributed by atoms with Gasteiger partial charge in [-0.05, 0) is 48.5 Å². The molecule has 1 saturated heterocycles. The molecule has 0 radical (unpaired) electrons. The third-order valence-electron chi connectivity index (χ3n) is 6.34. The zero-order valence-electron chi connectivity index (χ0n) is 16.8. The van der Waals surface area contributed by atoms with Crippen LogP contribution in [0.4, 0.5) is 10.1 Å². The lowest BCUT2D eigenvalue weighted by molar-refractivity contribution is -0.149. The Bertz CT molecular complexity index is 1210. The fourth-order valence-corrected chi connectivity index (χ4v) is 6.21. The van der Waals surface area contributed by atoms with E-state index in [1.54, 1.807) is 41.3 Å². The van der Waals surface area contributed by atoms with Gasteiger partial charge in [-0.1, -0.05) is 30.7 Å². The SMILES string of the molecule is C=S1(=O)N=C(C2C(=O)[C@@H]3CCC[C@@H]3N(Cc3ccc(F)cc3)C2=O)Nc2ccccc21. The van der Waals surface area contributed by atoms with E-state index >= 15 is 0 Å². The van der Waals surface area contributed by atoms with Crippen molar-refractivity contribution < 1.29 is 18.2 Å². The summed E-state index contributed by atoms with van der Waals surface area (Å²) in [6, 6.07) is 12.8. The van der Waals surface area contributed by atoms with Crippen LogP contribution in [0.5, 0.6) is 0 Å². The molecule has 0 spiro atoms. The standard InChI is InChI=1S/C23H22FN3O3S/c1-31(30)19-8-3-2-6-17(19)25-22(26-31)20-21(28)16-5-4-7-18(16)27(23(20)29)13-14-9-11-15(24)12-10-14/h2-3,6,8-12,16,18,20H,1,4-5,7,13H2,(H,25,26,30)/t16-,18+,20?,31?/m1/s1. The lowest BCUT2D eigenvalue weighted by atomic mass is 9.81. The number of piperidine rings is 1. The summed E-state index contributed by atoms with van der Waals surface area (Å²) in [5, 5.41) is 3.07. The molecule has 5 rings (SSSR count). The van der Waals surface area contributed by atoms with E-state index in [0.717, 1.165) is 18.4 Å². The zero-order valence-corrected chi connectivity index (χ0v) is 17.6. The second kappa shape index (κ2) is 7.30. The summed E-state index contributed by atoms with van der Waals surface area (Å²) in [6.07, 6.45) is 2.32. The smallest absolute Gasteiger partial charge is 0.241 e. The van der Waals surface area contributed by atoms with Crippen molar-refractivity contribution in [1.82, 2.24) is 4.90 Å². The molecule has 4 atom stereocenters. The molecule has 2 aliphatic heterocycles. The molecule has 31 heavy (non-hydrogen) atoms. The Morgan fingerprint density at radius 3 is 2.65 bits per heavy atom. The Morgan fingerprint density at radius 2 is 1.87 bits per heavy atom. The molecule has 3 aliphatic rings. The van der Waals surface area contributed by atoms with Crippen LogP contribution >= 0.6 is 0 Å². The summed E-state index contributed by atoms with van der Waals surface area (Å²) in [4.78, 5) is 29.1. The van der Waals surface area contributed by atoms with Gasteiger partial charge in [-0.2, -0.15) is 4.40 Å². The molecular weight excluding hydrogens is 417 g/mol. The van der Waals surface area contributed by atoms with Gasteiger partial charge in [0.2, 0.25) is 5.91 Å². The van der Waals surface area contributed by atoms with E-state index in [1.807, 2.05) is 0 Å². The van der Waals surface area contributed by atoms with Crippen LogP contribution in [0.25, 0.3) is 0 Å². The normalized spacial score (nSPS) is 29.8. The number of carbonyl (C=O) groups is 2. The average Bonchev–Trinajstić information content (AvgIpc) is 3.22. The first-order valence-corrected chi connectivity index (χ1v) is 12.0. The Hall–Kier alpha value is -3.00. The number of likely N-dealkylation sites (tertiary alicyclic amines) is 1. The third kappa shape index (κ3) is 3.35. The number of amides is 1. The molecule has 2 aromatic carbocycles. The van der Waals surface area contributed by atoms with Gasteiger partial charge in [0.05, 0.1) is 20.3 Å². The van der Waals surface area contributed by atoms with E-state index in [-0.39, 0.29) is 41.8 Å². The van der Waals surface area contributed by atoms with Crippen LogP contribution in [0.2, 0.25) is 0 Å². The monoisotopic (exact) mass is 439 g/mol. The number of fused-ring (bicyclic) bond motifs is 2. The number of carbonyl (C=O) groups excluding carboxylic acids is 2. The number of hydrogen-bond donors (Lipinski definition) is 1. The predicted octanol–water partition coefficient (Wildman–Crippen LogP) is 3.04. The molecule has 2 fully saturated rings. The zero-order chi connectivity index (χ0) is 21.8. The number of halogens is 1. The van der Waals surface area contributed by atoms with E-state index in [2.05, 4.69) is 15.6 Å². The van der Waals surface area contributed by atoms with Crippen LogP contribution < -0.4 is 5.32 Å². The molecule has 0 bridgehead atoms. The lowest BCUT2D eigenvalue weighted by Crippen LogP contribution is -2.58. The predicted molar refractivity (Wildman–Crippen MR) is 118 cm³/mol. The number of benzene rings is 2. The number of Topliss-reactive ketones (excluding diaryl/α,β-unsaturated/α-hetero) is 1. The first-order valence-electron chi connectivity index (χ1n) is 10.3. The van der Waals surface area contributed by atoms with Crippen molar-refractivity contribution in [2.24, 2.45) is 16.2 Å². The highest BCUT2D eigenvalue weighted by molar-refractivity contribution is 7.99. The molecule has 1 saturated carbocycles. The maximum atomic E-state index is 13.6. The van der Waals surface area contributed by atoms with Gasteiger partial charge < -0.3 is 10.2 Å². The van der Waals surface area contributed by atoms with Crippen LogP contribution in [-0.2, 0) is 25.8 Å². The number of nitrogens with zero attached hydrogens (tertiary/aromatic N) is 2. The van der Waals surface area contributed by atoms with Crippen molar-refractivity contribution in [2.45, 2.75) is 36.7 Å². The van der Waals surface area contributed by atoms with Gasteiger partial charge in [-0.15, -0.1) is 0 Å². The minimum atomic E-state index is -3.03. The number of ketones is 1. The molecule has 6 nitrogen and oxygen atoms in total. The second-order valence-corrected chi connectivity index (χ2v) is 10.2. The van der Waals surface area contributed by atoms with Gasteiger partial charge in [-0.3, -0.25) is 9.59 Å². The Morgan fingerprint density at radius 1 is 1.13 bits per heavy atom. The highest BCUT2D eigenvalue weighted by Gasteiger charge is 2.52. The summed E-state index contributed by atoms with van der Waals surface area (Å²) in [6.45, 7) is 0.285. The van der Waals surface area contributed by atoms with Crippen LogP contribution in [0.3, 0.4) is 0 Å². The molecule has 2 aromatic rings. The molecule has 0 aromatic heterocycles. The fraction of sp³-hybridized carbons (Fsp3) is 0.304. The van der Waals surface area contributed by atoms with Crippen LogP contribution in [-0.4, -0.2) is 38.5 Å². The fourth-order valence-electron chi connectivity index (χ4n) is 4.89. The highest BCUT2D eigenvalue weighted by Crippen LogP contribution is 2.40. The first kappa shape index (κ1) is 19.9. The van der Waals surface area contributed by atoms with E-state index in [4.69, 9.17) is 0 Å². The summed E-state index contributed by atoms with van der Waals surface area (Å²) in [5.74, 6) is 1.54. The van der Waals surface area contributed by atoms with Gasteiger partial charge >= 0.3 is 0 Å². The molecule has 8 heteroatoms. The van der Waals surface area contributed by atoms with Gasteiger partial charge in [0.1, 0.15) is 11.7 Å². The number of hydrogen-bond acceptors (Lipinski definition) is 4. The Labute approximate surface area is 180 Å².